The van der Waals surface area contributed by atoms with Gasteiger partial charge in [-0.3, -0.25) is 19.9 Å². The molecule has 9 heteroatoms. The predicted molar refractivity (Wildman–Crippen MR) is 115 cm³/mol. The van der Waals surface area contributed by atoms with Crippen LogP contribution in [0.4, 0.5) is 5.69 Å². The van der Waals surface area contributed by atoms with Crippen molar-refractivity contribution in [2.75, 3.05) is 26.0 Å². The monoisotopic (exact) mass is 415 g/mol. The van der Waals surface area contributed by atoms with Crippen molar-refractivity contribution in [3.05, 3.63) is 47.9 Å². The summed E-state index contributed by atoms with van der Waals surface area (Å²) in [5.74, 6) is -0.359. The number of thiocarbonyl (C=S) groups is 1. The molecule has 0 fully saturated rings. The molecular formula is C20H25N5O3S. The highest BCUT2D eigenvalue weighted by Crippen LogP contribution is 2.13. The summed E-state index contributed by atoms with van der Waals surface area (Å²) in [4.78, 5) is 34.3. The van der Waals surface area contributed by atoms with Crippen molar-refractivity contribution in [1.29, 1.82) is 0 Å². The Labute approximate surface area is 175 Å². The van der Waals surface area contributed by atoms with Crippen molar-refractivity contribution < 1.29 is 14.3 Å². The zero-order valence-electron chi connectivity index (χ0n) is 16.8. The summed E-state index contributed by atoms with van der Waals surface area (Å²) in [6.07, 6.45) is 6.26. The lowest BCUT2D eigenvalue weighted by molar-refractivity contribution is 0.0813. The first-order valence-electron chi connectivity index (χ1n) is 9.30. The summed E-state index contributed by atoms with van der Waals surface area (Å²) >= 11 is 5.19. The first-order valence-corrected chi connectivity index (χ1v) is 9.71. The normalized spacial score (nSPS) is 10.2. The number of anilines is 1. The van der Waals surface area contributed by atoms with E-state index in [2.05, 4.69) is 27.5 Å². The molecule has 8 nitrogen and oxygen atoms in total. The molecule has 0 bridgehead atoms. The van der Waals surface area contributed by atoms with Gasteiger partial charge in [0.2, 0.25) is 5.88 Å². The number of rotatable bonds is 8. The zero-order valence-corrected chi connectivity index (χ0v) is 17.6. The molecule has 2 aromatic heterocycles. The van der Waals surface area contributed by atoms with E-state index in [9.17, 15) is 9.59 Å². The molecular weight excluding hydrogens is 390 g/mol. The van der Waals surface area contributed by atoms with Gasteiger partial charge in [-0.15, -0.1) is 0 Å². The van der Waals surface area contributed by atoms with Crippen LogP contribution in [0.2, 0.25) is 0 Å². The van der Waals surface area contributed by atoms with Gasteiger partial charge in [0.25, 0.3) is 11.8 Å². The highest BCUT2D eigenvalue weighted by molar-refractivity contribution is 7.80. The van der Waals surface area contributed by atoms with E-state index >= 15 is 0 Å². The molecule has 2 N–H and O–H groups in total. The third-order valence-electron chi connectivity index (χ3n) is 3.88. The molecule has 0 saturated carbocycles. The van der Waals surface area contributed by atoms with Crippen LogP contribution in [0.1, 0.15) is 47.0 Å². The van der Waals surface area contributed by atoms with Crippen LogP contribution in [-0.4, -0.2) is 52.5 Å². The number of amides is 2. The molecule has 154 valence electrons. The van der Waals surface area contributed by atoms with Gasteiger partial charge in [-0.25, -0.2) is 4.98 Å². The second kappa shape index (κ2) is 11.1. The van der Waals surface area contributed by atoms with Crippen molar-refractivity contribution in [2.45, 2.75) is 26.2 Å². The molecule has 0 aromatic carbocycles. The van der Waals surface area contributed by atoms with Gasteiger partial charge in [-0.05, 0) is 36.8 Å². The van der Waals surface area contributed by atoms with Crippen LogP contribution in [0.15, 0.2) is 36.7 Å². The SMILES string of the molecule is CCCCCOc1ccc(NC(=S)NC(=O)c2cccnc2C(=O)N(C)C)cn1. The number of aromatic nitrogens is 2. The fourth-order valence-electron chi connectivity index (χ4n) is 2.37. The summed E-state index contributed by atoms with van der Waals surface area (Å²) in [6, 6.07) is 6.59. The van der Waals surface area contributed by atoms with Crippen LogP contribution in [0.5, 0.6) is 5.88 Å². The van der Waals surface area contributed by atoms with Crippen LogP contribution < -0.4 is 15.4 Å². The highest BCUT2D eigenvalue weighted by atomic mass is 32.1. The Kier molecular flexibility index (Phi) is 8.47. The van der Waals surface area contributed by atoms with Crippen molar-refractivity contribution >= 4 is 34.8 Å². The van der Waals surface area contributed by atoms with Crippen LogP contribution in [0.25, 0.3) is 0 Å². The van der Waals surface area contributed by atoms with E-state index in [-0.39, 0.29) is 22.3 Å². The Hall–Kier alpha value is -3.07. The molecule has 0 aliphatic rings. The molecule has 0 aliphatic carbocycles. The van der Waals surface area contributed by atoms with Gasteiger partial charge in [-0.1, -0.05) is 19.8 Å². The molecule has 0 saturated heterocycles. The topological polar surface area (TPSA) is 96.4 Å². The van der Waals surface area contributed by atoms with E-state index in [1.165, 1.54) is 17.2 Å². The van der Waals surface area contributed by atoms with E-state index in [1.807, 2.05) is 0 Å². The van der Waals surface area contributed by atoms with Crippen LogP contribution in [0.3, 0.4) is 0 Å². The lowest BCUT2D eigenvalue weighted by atomic mass is 10.1. The van der Waals surface area contributed by atoms with Gasteiger partial charge in [0, 0.05) is 26.4 Å². The molecule has 2 rings (SSSR count). The second-order valence-electron chi connectivity index (χ2n) is 6.45. The van der Waals surface area contributed by atoms with Crippen LogP contribution >= 0.6 is 12.2 Å². The Morgan fingerprint density at radius 2 is 1.97 bits per heavy atom. The van der Waals surface area contributed by atoms with Crippen molar-refractivity contribution in [2.24, 2.45) is 0 Å². The molecule has 0 spiro atoms. The third kappa shape index (κ3) is 6.79. The number of unbranched alkanes of at least 4 members (excludes halogenated alkanes) is 2. The summed E-state index contributed by atoms with van der Waals surface area (Å²) < 4.78 is 5.56. The second-order valence-corrected chi connectivity index (χ2v) is 6.86. The summed E-state index contributed by atoms with van der Waals surface area (Å²) in [7, 11) is 3.18. The van der Waals surface area contributed by atoms with Crippen LogP contribution in [0, 0.1) is 0 Å². The first kappa shape index (κ1) is 22.2. The van der Waals surface area contributed by atoms with Gasteiger partial charge < -0.3 is 15.0 Å². The fraction of sp³-hybridized carbons (Fsp3) is 0.350. The summed E-state index contributed by atoms with van der Waals surface area (Å²) in [6.45, 7) is 2.76. The Morgan fingerprint density at radius 3 is 2.62 bits per heavy atom. The number of hydrogen-bond donors (Lipinski definition) is 2. The van der Waals surface area contributed by atoms with E-state index < -0.39 is 5.91 Å². The van der Waals surface area contributed by atoms with E-state index in [4.69, 9.17) is 17.0 Å². The first-order chi connectivity index (χ1) is 13.9. The van der Waals surface area contributed by atoms with Gasteiger partial charge >= 0.3 is 0 Å². The zero-order chi connectivity index (χ0) is 21.2. The van der Waals surface area contributed by atoms with E-state index in [0.717, 1.165) is 19.3 Å². The van der Waals surface area contributed by atoms with Crippen molar-refractivity contribution in [3.8, 4) is 5.88 Å². The van der Waals surface area contributed by atoms with Crippen molar-refractivity contribution in [3.63, 3.8) is 0 Å². The number of nitrogens with one attached hydrogen (secondary N) is 2. The smallest absolute Gasteiger partial charge is 0.272 e. The Balaban J connectivity index is 1.94. The standard InChI is InChI=1S/C20H25N5O3S/c1-4-5-6-12-28-16-10-9-14(13-22-16)23-20(29)24-18(26)15-8-7-11-21-17(15)19(27)25(2)3/h7-11,13H,4-6,12H2,1-3H3,(H2,23,24,26,29). The average Bonchev–Trinajstić information content (AvgIpc) is 2.71. The maximum Gasteiger partial charge on any atom is 0.272 e. The molecule has 0 radical (unpaired) electrons. The number of ether oxygens (including phenoxy) is 1. The molecule has 29 heavy (non-hydrogen) atoms. The number of nitrogens with zero attached hydrogens (tertiary/aromatic N) is 3. The summed E-state index contributed by atoms with van der Waals surface area (Å²) in [5.41, 5.74) is 0.806. The van der Waals surface area contributed by atoms with Gasteiger partial charge in [0.05, 0.1) is 24.1 Å². The largest absolute Gasteiger partial charge is 0.478 e. The molecule has 0 unspecified atom stereocenters. The number of hydrogen-bond acceptors (Lipinski definition) is 6. The minimum Gasteiger partial charge on any atom is -0.478 e. The van der Waals surface area contributed by atoms with Gasteiger partial charge in [0.15, 0.2) is 5.11 Å². The average molecular weight is 416 g/mol. The maximum absolute atomic E-state index is 12.5. The molecule has 2 heterocycles. The fourth-order valence-corrected chi connectivity index (χ4v) is 2.58. The lowest BCUT2D eigenvalue weighted by Gasteiger charge is -2.14. The minimum atomic E-state index is -0.523. The molecule has 0 aliphatic heterocycles. The number of pyridine rings is 2. The van der Waals surface area contributed by atoms with Crippen LogP contribution in [-0.2, 0) is 0 Å². The highest BCUT2D eigenvalue weighted by Gasteiger charge is 2.20. The van der Waals surface area contributed by atoms with E-state index in [1.54, 1.807) is 38.5 Å². The Bertz CT molecular complexity index is 855. The summed E-state index contributed by atoms with van der Waals surface area (Å²) in [5, 5.41) is 5.52. The molecule has 2 aromatic rings. The Morgan fingerprint density at radius 1 is 1.17 bits per heavy atom. The third-order valence-corrected chi connectivity index (χ3v) is 4.08. The molecule has 0 atom stereocenters. The van der Waals surface area contributed by atoms with E-state index in [0.29, 0.717) is 18.2 Å². The predicted octanol–water partition coefficient (Wildman–Crippen LogP) is 2.87. The maximum atomic E-state index is 12.5. The molecule has 2 amide bonds. The quantitative estimate of drug-likeness (QED) is 0.505. The lowest BCUT2D eigenvalue weighted by Crippen LogP contribution is -2.36. The van der Waals surface area contributed by atoms with Crippen molar-refractivity contribution in [1.82, 2.24) is 20.2 Å². The minimum absolute atomic E-state index is 0.0593. The van der Waals surface area contributed by atoms with Gasteiger partial charge in [0.1, 0.15) is 5.69 Å². The van der Waals surface area contributed by atoms with Gasteiger partial charge in [-0.2, -0.15) is 0 Å². The number of carbonyl (C=O) groups excluding carboxylic acids is 2. The number of carbonyl (C=O) groups is 2.